The largest absolute Gasteiger partial charge is 0.480 e. The van der Waals surface area contributed by atoms with Crippen molar-refractivity contribution < 1.29 is 14.7 Å². The number of carbonyl (C=O) groups excluding carboxylic acids is 1. The molecule has 2 aromatic carbocycles. The number of carboxylic acids is 1. The summed E-state index contributed by atoms with van der Waals surface area (Å²) in [4.78, 5) is 37.0. The molecule has 0 aliphatic heterocycles. The van der Waals surface area contributed by atoms with Gasteiger partial charge in [-0.1, -0.05) is 47.7 Å². The molecule has 0 saturated heterocycles. The number of carbonyl (C=O) groups is 2. The molecule has 1 fully saturated rings. The zero-order chi connectivity index (χ0) is 22.5. The van der Waals surface area contributed by atoms with Crippen LogP contribution < -0.4 is 10.9 Å². The molecular weight excluding hydrogens is 408 g/mol. The predicted molar refractivity (Wildman–Crippen MR) is 119 cm³/mol. The summed E-state index contributed by atoms with van der Waals surface area (Å²) in [5, 5.41) is 21.0. The van der Waals surface area contributed by atoms with Crippen molar-refractivity contribution in [2.75, 3.05) is 0 Å². The summed E-state index contributed by atoms with van der Waals surface area (Å²) in [6.07, 6.45) is 3.11. The van der Waals surface area contributed by atoms with Crippen LogP contribution in [0.5, 0.6) is 0 Å². The SMILES string of the molecule is O=C(N[C@@H](Cc1ccccc1)C(=O)O)C1CCC(Cn2nnc3ccccc3c2=O)CC1. The molecule has 1 saturated carbocycles. The smallest absolute Gasteiger partial charge is 0.326 e. The van der Waals surface area contributed by atoms with E-state index >= 15 is 0 Å². The van der Waals surface area contributed by atoms with Crippen LogP contribution in [0.25, 0.3) is 10.9 Å². The van der Waals surface area contributed by atoms with E-state index in [2.05, 4.69) is 15.6 Å². The zero-order valence-electron chi connectivity index (χ0n) is 17.7. The van der Waals surface area contributed by atoms with E-state index < -0.39 is 12.0 Å². The van der Waals surface area contributed by atoms with Crippen LogP contribution in [0, 0.1) is 11.8 Å². The molecule has 8 nitrogen and oxygen atoms in total. The van der Waals surface area contributed by atoms with Gasteiger partial charge in [0, 0.05) is 18.9 Å². The number of nitrogens with zero attached hydrogens (tertiary/aromatic N) is 3. The van der Waals surface area contributed by atoms with Crippen molar-refractivity contribution in [2.24, 2.45) is 11.8 Å². The highest BCUT2D eigenvalue weighted by Crippen LogP contribution is 2.30. The molecule has 4 rings (SSSR count). The molecule has 3 aromatic rings. The van der Waals surface area contributed by atoms with E-state index in [0.29, 0.717) is 30.3 Å². The number of rotatable bonds is 7. The lowest BCUT2D eigenvalue weighted by molar-refractivity contribution is -0.142. The van der Waals surface area contributed by atoms with Gasteiger partial charge in [0.05, 0.1) is 5.39 Å². The van der Waals surface area contributed by atoms with Crippen molar-refractivity contribution in [3.63, 3.8) is 0 Å². The Balaban J connectivity index is 1.33. The van der Waals surface area contributed by atoms with Gasteiger partial charge in [-0.05, 0) is 49.3 Å². The number of hydrogen-bond donors (Lipinski definition) is 2. The topological polar surface area (TPSA) is 114 Å². The molecular formula is C24H26N4O4. The van der Waals surface area contributed by atoms with E-state index in [0.717, 1.165) is 18.4 Å². The van der Waals surface area contributed by atoms with E-state index in [1.165, 1.54) is 4.68 Å². The minimum absolute atomic E-state index is 0.152. The average Bonchev–Trinajstić information content (AvgIpc) is 2.81. The summed E-state index contributed by atoms with van der Waals surface area (Å²) < 4.78 is 1.41. The zero-order valence-corrected chi connectivity index (χ0v) is 17.7. The number of carboxylic acid groups (broad SMARTS) is 1. The maximum absolute atomic E-state index is 12.7. The average molecular weight is 434 g/mol. The molecule has 0 unspecified atom stereocenters. The van der Waals surface area contributed by atoms with Crippen LogP contribution in [0.4, 0.5) is 0 Å². The Morgan fingerprint density at radius 3 is 2.44 bits per heavy atom. The molecule has 0 bridgehead atoms. The Morgan fingerprint density at radius 2 is 1.72 bits per heavy atom. The monoisotopic (exact) mass is 434 g/mol. The summed E-state index contributed by atoms with van der Waals surface area (Å²) in [5.41, 5.74) is 1.30. The van der Waals surface area contributed by atoms with Crippen molar-refractivity contribution in [3.05, 3.63) is 70.5 Å². The standard InChI is InChI=1S/C24H26N4O4/c29-22(25-21(24(31)32)14-16-6-2-1-3-7-16)18-12-10-17(11-13-18)15-28-23(30)19-8-4-5-9-20(19)26-27-28/h1-9,17-18,21H,10-15H2,(H,25,29)(H,31,32)/t17?,18?,21-/m0/s1. The predicted octanol–water partition coefficient (Wildman–Crippen LogP) is 2.41. The molecule has 2 N–H and O–H groups in total. The highest BCUT2D eigenvalue weighted by molar-refractivity contribution is 5.85. The van der Waals surface area contributed by atoms with Crippen LogP contribution in [0.2, 0.25) is 0 Å². The van der Waals surface area contributed by atoms with Crippen molar-refractivity contribution in [1.29, 1.82) is 0 Å². The molecule has 166 valence electrons. The molecule has 1 aliphatic carbocycles. The fourth-order valence-electron chi connectivity index (χ4n) is 4.33. The van der Waals surface area contributed by atoms with Crippen molar-refractivity contribution >= 4 is 22.8 Å². The summed E-state index contributed by atoms with van der Waals surface area (Å²) in [7, 11) is 0. The quantitative estimate of drug-likeness (QED) is 0.590. The summed E-state index contributed by atoms with van der Waals surface area (Å²) in [6.45, 7) is 0.469. The molecule has 0 radical (unpaired) electrons. The number of fused-ring (bicyclic) bond motifs is 1. The van der Waals surface area contributed by atoms with Gasteiger partial charge in [0.1, 0.15) is 11.6 Å². The van der Waals surface area contributed by atoms with Crippen LogP contribution in [-0.2, 0) is 22.6 Å². The van der Waals surface area contributed by atoms with Gasteiger partial charge in [0.25, 0.3) is 5.56 Å². The minimum Gasteiger partial charge on any atom is -0.480 e. The number of nitrogens with one attached hydrogen (secondary N) is 1. The van der Waals surface area contributed by atoms with E-state index in [-0.39, 0.29) is 29.7 Å². The Kier molecular flexibility index (Phi) is 6.58. The minimum atomic E-state index is -1.04. The lowest BCUT2D eigenvalue weighted by atomic mass is 9.81. The molecule has 1 aliphatic rings. The summed E-state index contributed by atoms with van der Waals surface area (Å²) in [5.74, 6) is -1.24. The van der Waals surface area contributed by atoms with Crippen molar-refractivity contribution in [1.82, 2.24) is 20.3 Å². The number of hydrogen-bond acceptors (Lipinski definition) is 5. The highest BCUT2D eigenvalue weighted by Gasteiger charge is 2.30. The van der Waals surface area contributed by atoms with E-state index in [1.54, 1.807) is 12.1 Å². The van der Waals surface area contributed by atoms with Crippen LogP contribution in [0.3, 0.4) is 0 Å². The first-order valence-electron chi connectivity index (χ1n) is 10.9. The van der Waals surface area contributed by atoms with Crippen LogP contribution in [0.15, 0.2) is 59.4 Å². The number of amides is 1. The lowest BCUT2D eigenvalue weighted by Gasteiger charge is -2.28. The van der Waals surface area contributed by atoms with Crippen LogP contribution in [0.1, 0.15) is 31.2 Å². The molecule has 8 heteroatoms. The Hall–Kier alpha value is -3.55. The third-order valence-electron chi connectivity index (χ3n) is 6.18. The first-order chi connectivity index (χ1) is 15.5. The van der Waals surface area contributed by atoms with Crippen molar-refractivity contribution in [3.8, 4) is 0 Å². The summed E-state index contributed by atoms with van der Waals surface area (Å²) >= 11 is 0. The molecule has 1 aromatic heterocycles. The van der Waals surface area contributed by atoms with Gasteiger partial charge in [0.15, 0.2) is 0 Å². The van der Waals surface area contributed by atoms with Gasteiger partial charge < -0.3 is 10.4 Å². The highest BCUT2D eigenvalue weighted by atomic mass is 16.4. The van der Waals surface area contributed by atoms with E-state index in [4.69, 9.17) is 0 Å². The first kappa shape index (κ1) is 21.7. The fourth-order valence-corrected chi connectivity index (χ4v) is 4.33. The van der Waals surface area contributed by atoms with Crippen molar-refractivity contribution in [2.45, 2.75) is 44.7 Å². The normalized spacial score (nSPS) is 19.4. The molecule has 1 heterocycles. The summed E-state index contributed by atoms with van der Waals surface area (Å²) in [6, 6.07) is 15.5. The van der Waals surface area contributed by atoms with Crippen LogP contribution >= 0.6 is 0 Å². The first-order valence-corrected chi connectivity index (χ1v) is 10.9. The molecule has 1 amide bonds. The maximum Gasteiger partial charge on any atom is 0.326 e. The van der Waals surface area contributed by atoms with E-state index in [1.807, 2.05) is 42.5 Å². The maximum atomic E-state index is 12.7. The van der Waals surface area contributed by atoms with Gasteiger partial charge in [-0.25, -0.2) is 9.48 Å². The third kappa shape index (κ3) is 5.01. The third-order valence-corrected chi connectivity index (χ3v) is 6.18. The lowest BCUT2D eigenvalue weighted by Crippen LogP contribution is -2.45. The number of benzene rings is 2. The van der Waals surface area contributed by atoms with Crippen LogP contribution in [-0.4, -0.2) is 38.0 Å². The van der Waals surface area contributed by atoms with Gasteiger partial charge >= 0.3 is 5.97 Å². The molecule has 1 atom stereocenters. The Labute approximate surface area is 185 Å². The van der Waals surface area contributed by atoms with Gasteiger partial charge in [-0.2, -0.15) is 0 Å². The molecule has 32 heavy (non-hydrogen) atoms. The Bertz CT molecular complexity index is 1150. The second-order valence-corrected chi connectivity index (χ2v) is 8.40. The van der Waals surface area contributed by atoms with E-state index in [9.17, 15) is 19.5 Å². The second-order valence-electron chi connectivity index (χ2n) is 8.40. The Morgan fingerprint density at radius 1 is 1.03 bits per heavy atom. The van der Waals surface area contributed by atoms with Gasteiger partial charge in [-0.3, -0.25) is 9.59 Å². The van der Waals surface area contributed by atoms with Gasteiger partial charge in [-0.15, -0.1) is 5.10 Å². The molecule has 0 spiro atoms. The fraction of sp³-hybridized carbons (Fsp3) is 0.375. The number of aliphatic carboxylic acids is 1. The van der Waals surface area contributed by atoms with Gasteiger partial charge in [0.2, 0.25) is 5.91 Å². The second kappa shape index (κ2) is 9.72. The number of aromatic nitrogens is 3.